The van der Waals surface area contributed by atoms with Gasteiger partial charge in [0.2, 0.25) is 10.0 Å². The van der Waals surface area contributed by atoms with Gasteiger partial charge in [0.15, 0.2) is 0 Å². The number of sulfonamides is 1. The Labute approximate surface area is 156 Å². The number of nitrogens with one attached hydrogen (secondary N) is 1. The zero-order valence-corrected chi connectivity index (χ0v) is 15.5. The first-order valence-corrected chi connectivity index (χ1v) is 9.57. The highest BCUT2D eigenvalue weighted by Gasteiger charge is 2.16. The molecule has 26 heavy (non-hydrogen) atoms. The summed E-state index contributed by atoms with van der Waals surface area (Å²) in [5.41, 5.74) is 1.84. The van der Waals surface area contributed by atoms with Gasteiger partial charge >= 0.3 is 0 Å². The van der Waals surface area contributed by atoms with Crippen molar-refractivity contribution in [1.29, 1.82) is 0 Å². The number of rotatable bonds is 7. The summed E-state index contributed by atoms with van der Waals surface area (Å²) in [6.07, 6.45) is 3.10. The lowest BCUT2D eigenvalue weighted by molar-refractivity contribution is 0.414. The summed E-state index contributed by atoms with van der Waals surface area (Å²) in [5, 5.41) is 4.30. The van der Waals surface area contributed by atoms with E-state index in [-0.39, 0.29) is 16.5 Å². The molecule has 3 rings (SSSR count). The Morgan fingerprint density at radius 2 is 2.00 bits per heavy atom. The summed E-state index contributed by atoms with van der Waals surface area (Å²) in [6, 6.07) is 11.9. The van der Waals surface area contributed by atoms with E-state index in [9.17, 15) is 8.42 Å². The molecule has 7 nitrogen and oxygen atoms in total. The number of ether oxygens (including phenoxy) is 1. The molecule has 0 atom stereocenters. The van der Waals surface area contributed by atoms with Gasteiger partial charge in [0, 0.05) is 6.54 Å². The molecule has 3 aromatic rings. The van der Waals surface area contributed by atoms with Crippen LogP contribution in [0.1, 0.15) is 11.1 Å². The van der Waals surface area contributed by atoms with Crippen LogP contribution in [0.2, 0.25) is 5.02 Å². The maximum Gasteiger partial charge on any atom is 0.240 e. The number of hydrogen-bond acceptors (Lipinski definition) is 5. The quantitative estimate of drug-likeness (QED) is 0.667. The Morgan fingerprint density at radius 1 is 1.19 bits per heavy atom. The fourth-order valence-electron chi connectivity index (χ4n) is 2.42. The van der Waals surface area contributed by atoms with Crippen LogP contribution in [0.5, 0.6) is 5.75 Å². The van der Waals surface area contributed by atoms with Crippen molar-refractivity contribution in [3.8, 4) is 5.75 Å². The van der Waals surface area contributed by atoms with Crippen molar-refractivity contribution in [3.63, 3.8) is 0 Å². The first-order valence-electron chi connectivity index (χ1n) is 7.71. The molecule has 0 aliphatic carbocycles. The molecule has 2 aromatic carbocycles. The minimum Gasteiger partial charge on any atom is -0.495 e. The maximum absolute atomic E-state index is 12.5. The third-order valence-corrected chi connectivity index (χ3v) is 5.40. The molecule has 0 amide bonds. The molecular formula is C17H17ClN4O3S. The van der Waals surface area contributed by atoms with E-state index in [0.29, 0.717) is 12.3 Å². The Kier molecular flexibility index (Phi) is 5.55. The lowest BCUT2D eigenvalue weighted by atomic mass is 10.1. The van der Waals surface area contributed by atoms with Gasteiger partial charge in [-0.2, -0.15) is 5.10 Å². The average molecular weight is 393 g/mol. The van der Waals surface area contributed by atoms with Crippen molar-refractivity contribution < 1.29 is 13.2 Å². The van der Waals surface area contributed by atoms with Gasteiger partial charge in [-0.3, -0.25) is 0 Å². The van der Waals surface area contributed by atoms with Gasteiger partial charge in [-0.1, -0.05) is 35.9 Å². The van der Waals surface area contributed by atoms with Crippen LogP contribution in [0.25, 0.3) is 0 Å². The molecule has 0 bridgehead atoms. The van der Waals surface area contributed by atoms with Gasteiger partial charge < -0.3 is 4.74 Å². The molecule has 136 valence electrons. The molecule has 0 fully saturated rings. The van der Waals surface area contributed by atoms with Crippen LogP contribution in [0, 0.1) is 0 Å². The summed E-state index contributed by atoms with van der Waals surface area (Å²) in [5.74, 6) is 0.423. The van der Waals surface area contributed by atoms with E-state index < -0.39 is 10.0 Å². The van der Waals surface area contributed by atoms with Crippen molar-refractivity contribution in [2.75, 3.05) is 7.11 Å². The lowest BCUT2D eigenvalue weighted by Crippen LogP contribution is -2.23. The zero-order valence-electron chi connectivity index (χ0n) is 14.0. The Bertz CT molecular complexity index is 991. The van der Waals surface area contributed by atoms with Crippen LogP contribution >= 0.6 is 11.6 Å². The highest BCUT2D eigenvalue weighted by atomic mass is 35.5. The molecule has 1 aromatic heterocycles. The molecule has 0 saturated carbocycles. The standard InChI is InChI=1S/C17H17ClN4O3S/c1-25-17-6-5-15(8-16(17)18)26(23,24)21-9-13-3-2-4-14(7-13)10-22-12-19-11-20-22/h2-8,11-12,21H,9-10H2,1H3. The normalized spacial score (nSPS) is 11.5. The molecule has 0 aliphatic heterocycles. The van der Waals surface area contributed by atoms with Gasteiger partial charge in [0.05, 0.1) is 23.6 Å². The van der Waals surface area contributed by atoms with Gasteiger partial charge in [-0.15, -0.1) is 0 Å². The van der Waals surface area contributed by atoms with Crippen LogP contribution < -0.4 is 9.46 Å². The van der Waals surface area contributed by atoms with Gasteiger partial charge in [-0.25, -0.2) is 22.8 Å². The van der Waals surface area contributed by atoms with Crippen molar-refractivity contribution in [2.45, 2.75) is 18.0 Å². The maximum atomic E-state index is 12.5. The SMILES string of the molecule is COc1ccc(S(=O)(=O)NCc2cccc(Cn3cncn3)c2)cc1Cl. The molecule has 0 spiro atoms. The third-order valence-electron chi connectivity index (χ3n) is 3.70. The number of benzene rings is 2. The van der Waals surface area contributed by atoms with Crippen molar-refractivity contribution in [1.82, 2.24) is 19.5 Å². The van der Waals surface area contributed by atoms with E-state index in [0.717, 1.165) is 11.1 Å². The first kappa shape index (κ1) is 18.4. The number of aromatic nitrogens is 3. The molecule has 0 aliphatic rings. The molecule has 0 radical (unpaired) electrons. The van der Waals surface area contributed by atoms with Crippen LogP contribution in [-0.2, 0) is 23.1 Å². The highest BCUT2D eigenvalue weighted by Crippen LogP contribution is 2.26. The van der Waals surface area contributed by atoms with Gasteiger partial charge in [-0.05, 0) is 29.3 Å². The number of hydrogen-bond donors (Lipinski definition) is 1. The predicted molar refractivity (Wildman–Crippen MR) is 97.6 cm³/mol. The average Bonchev–Trinajstić information content (AvgIpc) is 3.13. The summed E-state index contributed by atoms with van der Waals surface area (Å²) < 4.78 is 34.2. The fourth-order valence-corrected chi connectivity index (χ4v) is 3.78. The number of methoxy groups -OCH3 is 1. The molecule has 0 saturated heterocycles. The minimum absolute atomic E-state index is 0.0853. The Morgan fingerprint density at radius 3 is 2.69 bits per heavy atom. The Hall–Kier alpha value is -2.42. The summed E-state index contributed by atoms with van der Waals surface area (Å²) >= 11 is 6.01. The smallest absolute Gasteiger partial charge is 0.240 e. The lowest BCUT2D eigenvalue weighted by Gasteiger charge is -2.10. The first-order chi connectivity index (χ1) is 12.5. The second-order valence-electron chi connectivity index (χ2n) is 5.53. The predicted octanol–water partition coefficient (Wildman–Crippen LogP) is 2.47. The van der Waals surface area contributed by atoms with E-state index in [2.05, 4.69) is 14.8 Å². The second kappa shape index (κ2) is 7.86. The van der Waals surface area contributed by atoms with E-state index in [4.69, 9.17) is 16.3 Å². The van der Waals surface area contributed by atoms with E-state index >= 15 is 0 Å². The minimum atomic E-state index is -3.69. The summed E-state index contributed by atoms with van der Waals surface area (Å²) in [4.78, 5) is 3.99. The zero-order chi connectivity index (χ0) is 18.6. The van der Waals surface area contributed by atoms with Crippen molar-refractivity contribution in [2.24, 2.45) is 0 Å². The molecule has 1 N–H and O–H groups in total. The molecule has 9 heteroatoms. The van der Waals surface area contributed by atoms with Crippen LogP contribution in [0.15, 0.2) is 60.0 Å². The number of halogens is 1. The highest BCUT2D eigenvalue weighted by molar-refractivity contribution is 7.89. The molecule has 1 heterocycles. The largest absolute Gasteiger partial charge is 0.495 e. The fraction of sp³-hybridized carbons (Fsp3) is 0.176. The molecule has 0 unspecified atom stereocenters. The summed E-state index contributed by atoms with van der Waals surface area (Å²) in [6.45, 7) is 0.728. The van der Waals surface area contributed by atoms with Gasteiger partial charge in [0.1, 0.15) is 18.4 Å². The van der Waals surface area contributed by atoms with E-state index in [1.165, 1.54) is 31.6 Å². The number of nitrogens with zero attached hydrogens (tertiary/aromatic N) is 3. The topological polar surface area (TPSA) is 86.1 Å². The molecular weight excluding hydrogens is 376 g/mol. The third kappa shape index (κ3) is 4.40. The van der Waals surface area contributed by atoms with Crippen molar-refractivity contribution >= 4 is 21.6 Å². The Balaban J connectivity index is 1.70. The van der Waals surface area contributed by atoms with Crippen molar-refractivity contribution in [3.05, 3.63) is 71.3 Å². The van der Waals surface area contributed by atoms with Gasteiger partial charge in [0.25, 0.3) is 0 Å². The summed E-state index contributed by atoms with van der Waals surface area (Å²) in [7, 11) is -2.21. The van der Waals surface area contributed by atoms with Crippen LogP contribution in [-0.4, -0.2) is 30.3 Å². The van der Waals surface area contributed by atoms with Crippen LogP contribution in [0.4, 0.5) is 0 Å². The second-order valence-corrected chi connectivity index (χ2v) is 7.71. The van der Waals surface area contributed by atoms with E-state index in [1.54, 1.807) is 11.0 Å². The van der Waals surface area contributed by atoms with E-state index in [1.807, 2.05) is 24.3 Å². The monoisotopic (exact) mass is 392 g/mol. The van der Waals surface area contributed by atoms with Crippen LogP contribution in [0.3, 0.4) is 0 Å².